The fraction of sp³-hybridized carbons (Fsp3) is 0.647. The molecule has 0 aromatic heterocycles. The molecular weight excluding hydrogens is 248 g/mol. The highest BCUT2D eigenvalue weighted by Crippen LogP contribution is 2.34. The zero-order chi connectivity index (χ0) is 13.8. The normalized spacial score (nSPS) is 27.4. The minimum absolute atomic E-state index is 0.671. The third-order valence-electron chi connectivity index (χ3n) is 4.62. The zero-order valence-corrected chi connectivity index (χ0v) is 12.4. The smallest absolute Gasteiger partial charge is 0.119 e. The lowest BCUT2D eigenvalue weighted by Gasteiger charge is -2.40. The van der Waals surface area contributed by atoms with Crippen LogP contribution in [0.3, 0.4) is 0 Å². The summed E-state index contributed by atoms with van der Waals surface area (Å²) >= 11 is 0. The standard InChI is InChI=1S/C17H26N2O/c1-2-15-12-18-17(14-8-9-14)13-19(15)10-11-20-16-6-4-3-5-7-16/h3-7,14-15,17-18H,2,8-13H2,1H3. The van der Waals surface area contributed by atoms with Crippen LogP contribution in [0.5, 0.6) is 5.75 Å². The molecule has 1 aliphatic carbocycles. The van der Waals surface area contributed by atoms with E-state index in [0.717, 1.165) is 37.4 Å². The van der Waals surface area contributed by atoms with Crippen molar-refractivity contribution in [2.24, 2.45) is 5.92 Å². The van der Waals surface area contributed by atoms with E-state index < -0.39 is 0 Å². The third-order valence-corrected chi connectivity index (χ3v) is 4.62. The van der Waals surface area contributed by atoms with Crippen LogP contribution in [0.2, 0.25) is 0 Å². The van der Waals surface area contributed by atoms with Crippen LogP contribution in [0.4, 0.5) is 0 Å². The zero-order valence-electron chi connectivity index (χ0n) is 12.4. The highest BCUT2D eigenvalue weighted by molar-refractivity contribution is 5.20. The Balaban J connectivity index is 1.48. The average Bonchev–Trinajstić information content (AvgIpc) is 3.33. The second-order valence-electron chi connectivity index (χ2n) is 6.07. The minimum atomic E-state index is 0.671. The Hall–Kier alpha value is -1.06. The first-order valence-corrected chi connectivity index (χ1v) is 8.02. The summed E-state index contributed by atoms with van der Waals surface area (Å²) in [7, 11) is 0. The number of para-hydroxylation sites is 1. The van der Waals surface area contributed by atoms with E-state index in [2.05, 4.69) is 17.1 Å². The molecule has 0 bridgehead atoms. The topological polar surface area (TPSA) is 24.5 Å². The Labute approximate surface area is 122 Å². The minimum Gasteiger partial charge on any atom is -0.492 e. The van der Waals surface area contributed by atoms with Crippen molar-refractivity contribution in [2.75, 3.05) is 26.2 Å². The maximum absolute atomic E-state index is 5.85. The number of piperazine rings is 1. The van der Waals surface area contributed by atoms with Crippen molar-refractivity contribution in [3.05, 3.63) is 30.3 Å². The van der Waals surface area contributed by atoms with Crippen LogP contribution in [0.1, 0.15) is 26.2 Å². The number of ether oxygens (including phenoxy) is 1. The molecule has 1 aromatic carbocycles. The van der Waals surface area contributed by atoms with E-state index in [1.807, 2.05) is 30.3 Å². The Bertz CT molecular complexity index is 405. The molecule has 0 amide bonds. The van der Waals surface area contributed by atoms with Gasteiger partial charge in [0.25, 0.3) is 0 Å². The van der Waals surface area contributed by atoms with Gasteiger partial charge in [-0.1, -0.05) is 25.1 Å². The SMILES string of the molecule is CCC1CNC(C2CC2)CN1CCOc1ccccc1. The fourth-order valence-corrected chi connectivity index (χ4v) is 3.17. The van der Waals surface area contributed by atoms with Crippen molar-refractivity contribution in [3.8, 4) is 5.75 Å². The first-order valence-electron chi connectivity index (χ1n) is 8.02. The van der Waals surface area contributed by atoms with Crippen molar-refractivity contribution in [3.63, 3.8) is 0 Å². The van der Waals surface area contributed by atoms with E-state index >= 15 is 0 Å². The summed E-state index contributed by atoms with van der Waals surface area (Å²) in [5, 5.41) is 3.74. The van der Waals surface area contributed by atoms with Gasteiger partial charge in [0.05, 0.1) is 0 Å². The van der Waals surface area contributed by atoms with E-state index in [1.165, 1.54) is 25.8 Å². The van der Waals surface area contributed by atoms with Crippen LogP contribution in [0, 0.1) is 5.92 Å². The monoisotopic (exact) mass is 274 g/mol. The molecule has 1 aliphatic heterocycles. The van der Waals surface area contributed by atoms with Gasteiger partial charge in [0, 0.05) is 31.7 Å². The molecule has 0 spiro atoms. The molecule has 3 heteroatoms. The lowest BCUT2D eigenvalue weighted by Crippen LogP contribution is -2.57. The van der Waals surface area contributed by atoms with E-state index in [-0.39, 0.29) is 0 Å². The Morgan fingerprint density at radius 2 is 2.05 bits per heavy atom. The molecule has 2 atom stereocenters. The molecule has 1 saturated heterocycles. The first kappa shape index (κ1) is 13.9. The van der Waals surface area contributed by atoms with Crippen LogP contribution in [0.15, 0.2) is 30.3 Å². The molecule has 1 saturated carbocycles. The van der Waals surface area contributed by atoms with Crippen LogP contribution in [-0.2, 0) is 0 Å². The summed E-state index contributed by atoms with van der Waals surface area (Å²) in [6.07, 6.45) is 4.06. The lowest BCUT2D eigenvalue weighted by atomic mass is 10.0. The largest absolute Gasteiger partial charge is 0.492 e. The van der Waals surface area contributed by atoms with E-state index in [9.17, 15) is 0 Å². The second-order valence-corrected chi connectivity index (χ2v) is 6.07. The van der Waals surface area contributed by atoms with Crippen LogP contribution in [0.25, 0.3) is 0 Å². The molecular formula is C17H26N2O. The Kier molecular flexibility index (Phi) is 4.58. The maximum Gasteiger partial charge on any atom is 0.119 e. The summed E-state index contributed by atoms with van der Waals surface area (Å²) < 4.78 is 5.85. The van der Waals surface area contributed by atoms with Crippen molar-refractivity contribution in [1.82, 2.24) is 10.2 Å². The molecule has 1 N–H and O–H groups in total. The Morgan fingerprint density at radius 1 is 1.25 bits per heavy atom. The van der Waals surface area contributed by atoms with Crippen molar-refractivity contribution in [2.45, 2.75) is 38.3 Å². The Morgan fingerprint density at radius 3 is 2.75 bits per heavy atom. The van der Waals surface area contributed by atoms with Crippen molar-refractivity contribution < 1.29 is 4.74 Å². The van der Waals surface area contributed by atoms with Gasteiger partial charge >= 0.3 is 0 Å². The predicted molar refractivity (Wildman–Crippen MR) is 82.1 cm³/mol. The molecule has 2 fully saturated rings. The molecule has 2 aliphatic rings. The van der Waals surface area contributed by atoms with Crippen LogP contribution >= 0.6 is 0 Å². The highest BCUT2D eigenvalue weighted by Gasteiger charge is 2.36. The summed E-state index contributed by atoms with van der Waals surface area (Å²) in [6.45, 7) is 6.45. The van der Waals surface area contributed by atoms with Crippen molar-refractivity contribution in [1.29, 1.82) is 0 Å². The van der Waals surface area contributed by atoms with E-state index in [4.69, 9.17) is 4.74 Å². The van der Waals surface area contributed by atoms with Gasteiger partial charge in [-0.3, -0.25) is 4.90 Å². The summed E-state index contributed by atoms with van der Waals surface area (Å²) in [5.74, 6) is 1.92. The first-order chi connectivity index (χ1) is 9.86. The third kappa shape index (κ3) is 3.53. The highest BCUT2D eigenvalue weighted by atomic mass is 16.5. The molecule has 20 heavy (non-hydrogen) atoms. The van der Waals surface area contributed by atoms with Gasteiger partial charge in [0.2, 0.25) is 0 Å². The van der Waals surface area contributed by atoms with Gasteiger partial charge < -0.3 is 10.1 Å². The molecule has 0 radical (unpaired) electrons. The van der Waals surface area contributed by atoms with Gasteiger partial charge in [-0.15, -0.1) is 0 Å². The molecule has 110 valence electrons. The van der Waals surface area contributed by atoms with Crippen molar-refractivity contribution >= 4 is 0 Å². The number of hydrogen-bond acceptors (Lipinski definition) is 3. The van der Waals surface area contributed by atoms with Gasteiger partial charge in [-0.05, 0) is 37.3 Å². The fourth-order valence-electron chi connectivity index (χ4n) is 3.17. The number of nitrogens with zero attached hydrogens (tertiary/aromatic N) is 1. The number of benzene rings is 1. The molecule has 3 nitrogen and oxygen atoms in total. The molecule has 1 heterocycles. The predicted octanol–water partition coefficient (Wildman–Crippen LogP) is 2.53. The van der Waals surface area contributed by atoms with Gasteiger partial charge in [-0.2, -0.15) is 0 Å². The molecule has 1 aromatic rings. The van der Waals surface area contributed by atoms with Gasteiger partial charge in [0.15, 0.2) is 0 Å². The van der Waals surface area contributed by atoms with Crippen LogP contribution in [-0.4, -0.2) is 43.2 Å². The number of hydrogen-bond donors (Lipinski definition) is 1. The average molecular weight is 274 g/mol. The van der Waals surface area contributed by atoms with Gasteiger partial charge in [0.1, 0.15) is 12.4 Å². The molecule has 2 unspecified atom stereocenters. The molecule has 3 rings (SSSR count). The van der Waals surface area contributed by atoms with Gasteiger partial charge in [-0.25, -0.2) is 0 Å². The number of nitrogens with one attached hydrogen (secondary N) is 1. The van der Waals surface area contributed by atoms with Crippen LogP contribution < -0.4 is 10.1 Å². The summed E-state index contributed by atoms with van der Waals surface area (Å²) in [4.78, 5) is 2.63. The lowest BCUT2D eigenvalue weighted by molar-refractivity contribution is 0.100. The quantitative estimate of drug-likeness (QED) is 0.862. The van der Waals surface area contributed by atoms with E-state index in [1.54, 1.807) is 0 Å². The number of rotatable bonds is 6. The van der Waals surface area contributed by atoms with E-state index in [0.29, 0.717) is 6.04 Å². The second kappa shape index (κ2) is 6.59. The maximum atomic E-state index is 5.85. The summed E-state index contributed by atoms with van der Waals surface area (Å²) in [6, 6.07) is 11.5. The summed E-state index contributed by atoms with van der Waals surface area (Å²) in [5.41, 5.74) is 0.